The van der Waals surface area contributed by atoms with Crippen LogP contribution in [0.4, 0.5) is 0 Å². The second-order valence-electron chi connectivity index (χ2n) is 6.90. The van der Waals surface area contributed by atoms with E-state index < -0.39 is 0 Å². The average molecular weight is 238 g/mol. The summed E-state index contributed by atoms with van der Waals surface area (Å²) < 4.78 is 0. The lowest BCUT2D eigenvalue weighted by atomic mass is 9.73. The molecule has 2 saturated heterocycles. The van der Waals surface area contributed by atoms with Gasteiger partial charge >= 0.3 is 0 Å². The highest BCUT2D eigenvalue weighted by Gasteiger charge is 2.38. The third-order valence-electron chi connectivity index (χ3n) is 4.37. The van der Waals surface area contributed by atoms with Crippen molar-refractivity contribution in [2.75, 3.05) is 33.2 Å². The van der Waals surface area contributed by atoms with E-state index in [4.69, 9.17) is 0 Å². The number of hydrogen-bond acceptors (Lipinski definition) is 2. The Labute approximate surface area is 105 Å². The van der Waals surface area contributed by atoms with Crippen molar-refractivity contribution in [2.45, 2.75) is 33.6 Å². The number of likely N-dealkylation sites (tertiary alicyclic amines) is 2. The quantitative estimate of drug-likeness (QED) is 0.696. The maximum Gasteiger partial charge on any atom is 0.226 e. The van der Waals surface area contributed by atoms with Gasteiger partial charge in [-0.25, -0.2) is 0 Å². The Morgan fingerprint density at radius 1 is 1.18 bits per heavy atom. The molecule has 0 N–H and O–H groups in total. The summed E-state index contributed by atoms with van der Waals surface area (Å²) in [6.45, 7) is 10.9. The maximum atomic E-state index is 12.3. The third-order valence-corrected chi connectivity index (χ3v) is 4.37. The monoisotopic (exact) mass is 238 g/mol. The van der Waals surface area contributed by atoms with E-state index in [1.165, 1.54) is 6.42 Å². The van der Waals surface area contributed by atoms with Gasteiger partial charge in [0.25, 0.3) is 0 Å². The van der Waals surface area contributed by atoms with Crippen LogP contribution in [0.3, 0.4) is 0 Å². The molecule has 0 aromatic carbocycles. The fourth-order valence-electron chi connectivity index (χ4n) is 2.92. The Morgan fingerprint density at radius 2 is 1.82 bits per heavy atom. The summed E-state index contributed by atoms with van der Waals surface area (Å²) in [5, 5.41) is 0. The van der Waals surface area contributed by atoms with Gasteiger partial charge < -0.3 is 9.80 Å². The van der Waals surface area contributed by atoms with Gasteiger partial charge in [0.05, 0.1) is 5.92 Å². The number of hydrogen-bond donors (Lipinski definition) is 0. The Kier molecular flexibility index (Phi) is 3.48. The van der Waals surface area contributed by atoms with Gasteiger partial charge in [0.2, 0.25) is 5.91 Å². The van der Waals surface area contributed by atoms with E-state index >= 15 is 0 Å². The zero-order valence-corrected chi connectivity index (χ0v) is 11.7. The molecular weight excluding hydrogens is 212 g/mol. The highest BCUT2D eigenvalue weighted by Crippen LogP contribution is 2.36. The van der Waals surface area contributed by atoms with E-state index in [0.29, 0.717) is 17.2 Å². The van der Waals surface area contributed by atoms with Gasteiger partial charge in [-0.05, 0) is 31.2 Å². The van der Waals surface area contributed by atoms with Crippen molar-refractivity contribution in [1.82, 2.24) is 9.80 Å². The molecule has 2 atom stereocenters. The minimum Gasteiger partial charge on any atom is -0.342 e. The first-order valence-corrected chi connectivity index (χ1v) is 6.85. The maximum absolute atomic E-state index is 12.3. The van der Waals surface area contributed by atoms with E-state index in [1.807, 2.05) is 4.90 Å². The summed E-state index contributed by atoms with van der Waals surface area (Å²) in [5.41, 5.74) is 0.308. The SMILES string of the molecule is CN1CC(C(=O)N2CCC2)CC(C(C)(C)C)C1. The van der Waals surface area contributed by atoms with Gasteiger partial charge in [-0.15, -0.1) is 0 Å². The Bertz CT molecular complexity index is 291. The standard InChI is InChI=1S/C14H26N2O/c1-14(2,3)12-8-11(9-15(4)10-12)13(17)16-6-5-7-16/h11-12H,5-10H2,1-4H3. The second kappa shape index (κ2) is 4.60. The summed E-state index contributed by atoms with van der Waals surface area (Å²) in [6.07, 6.45) is 2.26. The molecule has 2 unspecified atom stereocenters. The summed E-state index contributed by atoms with van der Waals surface area (Å²) in [4.78, 5) is 16.7. The molecule has 0 saturated carbocycles. The summed E-state index contributed by atoms with van der Waals surface area (Å²) >= 11 is 0. The van der Waals surface area contributed by atoms with Gasteiger partial charge in [-0.1, -0.05) is 20.8 Å². The predicted octanol–water partition coefficient (Wildman–Crippen LogP) is 1.83. The first kappa shape index (κ1) is 12.9. The lowest BCUT2D eigenvalue weighted by Crippen LogP contribution is -2.52. The molecule has 2 aliphatic rings. The van der Waals surface area contributed by atoms with E-state index in [2.05, 4.69) is 32.7 Å². The van der Waals surface area contributed by atoms with Crippen molar-refractivity contribution in [3.8, 4) is 0 Å². The molecule has 2 rings (SSSR count). The first-order chi connectivity index (χ1) is 7.88. The lowest BCUT2D eigenvalue weighted by Gasteiger charge is -2.44. The van der Waals surface area contributed by atoms with Crippen molar-refractivity contribution < 1.29 is 4.79 Å². The molecular formula is C14H26N2O. The van der Waals surface area contributed by atoms with Crippen LogP contribution >= 0.6 is 0 Å². The number of rotatable bonds is 1. The van der Waals surface area contributed by atoms with Gasteiger partial charge in [0.1, 0.15) is 0 Å². The van der Waals surface area contributed by atoms with E-state index in [-0.39, 0.29) is 5.92 Å². The first-order valence-electron chi connectivity index (χ1n) is 6.85. The molecule has 3 nitrogen and oxygen atoms in total. The van der Waals surface area contributed by atoms with Crippen LogP contribution in [0.25, 0.3) is 0 Å². The van der Waals surface area contributed by atoms with Crippen LogP contribution in [0.1, 0.15) is 33.6 Å². The molecule has 0 bridgehead atoms. The number of nitrogens with zero attached hydrogens (tertiary/aromatic N) is 2. The second-order valence-corrected chi connectivity index (χ2v) is 6.90. The molecule has 2 aliphatic heterocycles. The minimum absolute atomic E-state index is 0.235. The normalized spacial score (nSPS) is 31.2. The molecule has 0 radical (unpaired) electrons. The van der Waals surface area contributed by atoms with Crippen LogP contribution in [-0.4, -0.2) is 48.9 Å². The number of carbonyl (C=O) groups is 1. The molecule has 0 spiro atoms. The van der Waals surface area contributed by atoms with Crippen molar-refractivity contribution in [3.05, 3.63) is 0 Å². The highest BCUT2D eigenvalue weighted by atomic mass is 16.2. The molecule has 98 valence electrons. The number of carbonyl (C=O) groups excluding carboxylic acids is 1. The van der Waals surface area contributed by atoms with Crippen molar-refractivity contribution in [1.29, 1.82) is 0 Å². The average Bonchev–Trinajstić information content (AvgIpc) is 2.12. The van der Waals surface area contributed by atoms with Gasteiger partial charge in [0, 0.05) is 26.2 Å². The van der Waals surface area contributed by atoms with Gasteiger partial charge in [0.15, 0.2) is 0 Å². The van der Waals surface area contributed by atoms with Gasteiger partial charge in [-0.2, -0.15) is 0 Å². The van der Waals surface area contributed by atoms with Crippen LogP contribution in [0.15, 0.2) is 0 Å². The van der Waals surface area contributed by atoms with E-state index in [1.54, 1.807) is 0 Å². The third kappa shape index (κ3) is 2.82. The smallest absolute Gasteiger partial charge is 0.226 e. The highest BCUT2D eigenvalue weighted by molar-refractivity contribution is 5.79. The Hall–Kier alpha value is -0.570. The fourth-order valence-corrected chi connectivity index (χ4v) is 2.92. The number of amides is 1. The zero-order valence-electron chi connectivity index (χ0n) is 11.7. The van der Waals surface area contributed by atoms with Crippen LogP contribution in [0, 0.1) is 17.3 Å². The number of piperidine rings is 1. The van der Waals surface area contributed by atoms with Crippen LogP contribution < -0.4 is 0 Å². The summed E-state index contributed by atoms with van der Waals surface area (Å²) in [6, 6.07) is 0. The van der Waals surface area contributed by atoms with Crippen LogP contribution in [0.2, 0.25) is 0 Å². The van der Waals surface area contributed by atoms with E-state index in [9.17, 15) is 4.79 Å². The van der Waals surface area contributed by atoms with Crippen molar-refractivity contribution >= 4 is 5.91 Å². The largest absolute Gasteiger partial charge is 0.342 e. The van der Waals surface area contributed by atoms with Crippen LogP contribution in [-0.2, 0) is 4.79 Å². The predicted molar refractivity (Wildman–Crippen MR) is 69.7 cm³/mol. The topological polar surface area (TPSA) is 23.6 Å². The fraction of sp³-hybridized carbons (Fsp3) is 0.929. The molecule has 1 amide bonds. The van der Waals surface area contributed by atoms with Crippen molar-refractivity contribution in [3.63, 3.8) is 0 Å². The molecule has 3 heteroatoms. The van der Waals surface area contributed by atoms with Crippen molar-refractivity contribution in [2.24, 2.45) is 17.3 Å². The Balaban J connectivity index is 2.00. The molecule has 17 heavy (non-hydrogen) atoms. The van der Waals surface area contributed by atoms with E-state index in [0.717, 1.165) is 32.6 Å². The summed E-state index contributed by atoms with van der Waals surface area (Å²) in [7, 11) is 2.15. The van der Waals surface area contributed by atoms with Gasteiger partial charge in [-0.3, -0.25) is 4.79 Å². The summed E-state index contributed by atoms with van der Waals surface area (Å²) in [5.74, 6) is 1.27. The molecule has 0 aromatic heterocycles. The molecule has 2 heterocycles. The lowest BCUT2D eigenvalue weighted by molar-refractivity contribution is -0.142. The molecule has 2 fully saturated rings. The zero-order chi connectivity index (χ0) is 12.6. The van der Waals surface area contributed by atoms with Crippen LogP contribution in [0.5, 0.6) is 0 Å². The Morgan fingerprint density at radius 3 is 2.29 bits per heavy atom. The molecule has 0 aromatic rings. The molecule has 0 aliphatic carbocycles. The minimum atomic E-state index is 0.235.